The van der Waals surface area contributed by atoms with Crippen molar-refractivity contribution >= 4 is 0 Å². The lowest BCUT2D eigenvalue weighted by Gasteiger charge is -2.17. The van der Waals surface area contributed by atoms with Gasteiger partial charge in [0.25, 0.3) is 0 Å². The number of hydrogen-bond donors (Lipinski definition) is 0. The summed E-state index contributed by atoms with van der Waals surface area (Å²) < 4.78 is 0. The van der Waals surface area contributed by atoms with E-state index in [1.165, 1.54) is 32.1 Å². The molecule has 0 spiro atoms. The van der Waals surface area contributed by atoms with Crippen LogP contribution in [-0.2, 0) is 0 Å². The van der Waals surface area contributed by atoms with Crippen molar-refractivity contribution < 1.29 is 0 Å². The molecule has 1 saturated carbocycles. The fourth-order valence-corrected chi connectivity index (χ4v) is 1.69. The van der Waals surface area contributed by atoms with Crippen molar-refractivity contribution in [1.82, 2.24) is 0 Å². The summed E-state index contributed by atoms with van der Waals surface area (Å²) in [6, 6.07) is 2.17. The van der Waals surface area contributed by atoms with Crippen LogP contribution in [0.5, 0.6) is 0 Å². The number of nitrogens with zero attached hydrogens (tertiary/aromatic N) is 1. The molecule has 0 amide bonds. The highest BCUT2D eigenvalue weighted by molar-refractivity contribution is 5.18. The summed E-state index contributed by atoms with van der Waals surface area (Å²) in [5.41, 5.74) is 0.886. The van der Waals surface area contributed by atoms with Crippen molar-refractivity contribution in [3.8, 4) is 6.07 Å². The van der Waals surface area contributed by atoms with Crippen LogP contribution in [0.1, 0.15) is 39.0 Å². The van der Waals surface area contributed by atoms with E-state index in [1.54, 1.807) is 0 Å². The van der Waals surface area contributed by atoms with Gasteiger partial charge in [0, 0.05) is 5.57 Å². The molecule has 11 heavy (non-hydrogen) atoms. The van der Waals surface area contributed by atoms with Crippen LogP contribution in [0.25, 0.3) is 0 Å². The molecule has 0 N–H and O–H groups in total. The summed E-state index contributed by atoms with van der Waals surface area (Å²) >= 11 is 0. The first-order valence-electron chi connectivity index (χ1n) is 4.41. The molecule has 1 rings (SSSR count). The molecule has 1 fully saturated rings. The summed E-state index contributed by atoms with van der Waals surface area (Å²) in [6.45, 7) is 1.90. The van der Waals surface area contributed by atoms with Gasteiger partial charge in [-0.25, -0.2) is 0 Å². The van der Waals surface area contributed by atoms with Gasteiger partial charge in [0.05, 0.1) is 6.07 Å². The van der Waals surface area contributed by atoms with E-state index >= 15 is 0 Å². The van der Waals surface area contributed by atoms with Crippen molar-refractivity contribution in [1.29, 1.82) is 5.26 Å². The molecule has 0 heterocycles. The Morgan fingerprint density at radius 2 is 2.00 bits per heavy atom. The largest absolute Gasteiger partial charge is 0.193 e. The summed E-state index contributed by atoms with van der Waals surface area (Å²) in [7, 11) is 0. The van der Waals surface area contributed by atoms with E-state index < -0.39 is 0 Å². The molecular formula is C10H15N. The van der Waals surface area contributed by atoms with Gasteiger partial charge in [0.1, 0.15) is 0 Å². The van der Waals surface area contributed by atoms with Gasteiger partial charge < -0.3 is 0 Å². The third-order valence-corrected chi connectivity index (χ3v) is 2.31. The highest BCUT2D eigenvalue weighted by Crippen LogP contribution is 2.25. The Morgan fingerprint density at radius 3 is 2.55 bits per heavy atom. The van der Waals surface area contributed by atoms with Crippen LogP contribution < -0.4 is 0 Å². The van der Waals surface area contributed by atoms with E-state index in [0.717, 1.165) is 5.57 Å². The van der Waals surface area contributed by atoms with Gasteiger partial charge in [-0.15, -0.1) is 0 Å². The lowest BCUT2D eigenvalue weighted by Crippen LogP contribution is -2.03. The monoisotopic (exact) mass is 149 g/mol. The lowest BCUT2D eigenvalue weighted by atomic mass is 9.88. The molecular weight excluding hydrogens is 134 g/mol. The Labute approximate surface area is 68.7 Å². The first-order valence-corrected chi connectivity index (χ1v) is 4.41. The normalized spacial score (nSPS) is 21.3. The average Bonchev–Trinajstić information content (AvgIpc) is 2.06. The second-order valence-electron chi connectivity index (χ2n) is 3.36. The Morgan fingerprint density at radius 1 is 1.36 bits per heavy atom. The summed E-state index contributed by atoms with van der Waals surface area (Å²) in [4.78, 5) is 0. The van der Waals surface area contributed by atoms with Gasteiger partial charge in [0.15, 0.2) is 0 Å². The molecule has 1 nitrogen and oxygen atoms in total. The van der Waals surface area contributed by atoms with Crippen molar-refractivity contribution in [2.45, 2.75) is 39.0 Å². The standard InChI is InChI=1S/C10H15N/c1-9(8-11)7-10-5-3-2-4-6-10/h7,10H,2-6H2,1H3/b9-7+. The summed E-state index contributed by atoms with van der Waals surface area (Å²) in [5, 5.41) is 8.55. The van der Waals surface area contributed by atoms with Crippen LogP contribution in [0, 0.1) is 17.2 Å². The van der Waals surface area contributed by atoms with E-state index in [0.29, 0.717) is 5.92 Å². The second-order valence-corrected chi connectivity index (χ2v) is 3.36. The molecule has 0 aliphatic heterocycles. The van der Waals surface area contributed by atoms with Gasteiger partial charge in [-0.2, -0.15) is 5.26 Å². The van der Waals surface area contributed by atoms with E-state index in [1.807, 2.05) is 6.92 Å². The molecule has 0 aromatic carbocycles. The molecule has 0 aromatic heterocycles. The Kier molecular flexibility index (Phi) is 3.16. The fourth-order valence-electron chi connectivity index (χ4n) is 1.69. The van der Waals surface area contributed by atoms with E-state index in [2.05, 4.69) is 12.1 Å². The van der Waals surface area contributed by atoms with Crippen molar-refractivity contribution in [2.75, 3.05) is 0 Å². The van der Waals surface area contributed by atoms with E-state index in [-0.39, 0.29) is 0 Å². The Hall–Kier alpha value is -0.770. The third kappa shape index (κ3) is 2.76. The van der Waals surface area contributed by atoms with Gasteiger partial charge in [-0.05, 0) is 25.7 Å². The molecule has 0 aromatic rings. The summed E-state index contributed by atoms with van der Waals surface area (Å²) in [6.07, 6.45) is 8.80. The zero-order valence-electron chi connectivity index (χ0n) is 7.14. The molecule has 0 unspecified atom stereocenters. The smallest absolute Gasteiger partial charge is 0.0940 e. The maximum atomic E-state index is 8.55. The molecule has 1 heteroatoms. The first-order chi connectivity index (χ1) is 5.33. The molecule has 0 bridgehead atoms. The van der Waals surface area contributed by atoms with Gasteiger partial charge >= 0.3 is 0 Å². The third-order valence-electron chi connectivity index (χ3n) is 2.31. The number of allylic oxidation sites excluding steroid dienone is 2. The predicted molar refractivity (Wildman–Crippen MR) is 45.9 cm³/mol. The van der Waals surface area contributed by atoms with Crippen LogP contribution in [0.3, 0.4) is 0 Å². The average molecular weight is 149 g/mol. The minimum atomic E-state index is 0.698. The number of hydrogen-bond acceptors (Lipinski definition) is 1. The van der Waals surface area contributed by atoms with Gasteiger partial charge in [0.2, 0.25) is 0 Å². The lowest BCUT2D eigenvalue weighted by molar-refractivity contribution is 0.418. The maximum absolute atomic E-state index is 8.55. The number of nitriles is 1. The Balaban J connectivity index is 2.42. The van der Waals surface area contributed by atoms with E-state index in [4.69, 9.17) is 5.26 Å². The fraction of sp³-hybridized carbons (Fsp3) is 0.700. The zero-order valence-corrected chi connectivity index (χ0v) is 7.14. The molecule has 1 aliphatic carbocycles. The van der Waals surface area contributed by atoms with Crippen molar-refractivity contribution in [2.24, 2.45) is 5.92 Å². The molecule has 0 saturated heterocycles. The minimum absolute atomic E-state index is 0.698. The highest BCUT2D eigenvalue weighted by Gasteiger charge is 2.10. The van der Waals surface area contributed by atoms with Gasteiger partial charge in [-0.1, -0.05) is 25.3 Å². The van der Waals surface area contributed by atoms with Crippen molar-refractivity contribution in [3.05, 3.63) is 11.6 Å². The first kappa shape index (κ1) is 8.33. The Bertz CT molecular complexity index is 180. The molecule has 0 atom stereocenters. The molecule has 0 radical (unpaired) electrons. The zero-order chi connectivity index (χ0) is 8.10. The molecule has 1 aliphatic rings. The summed E-state index contributed by atoms with van der Waals surface area (Å²) in [5.74, 6) is 0.698. The SMILES string of the molecule is C/C(C#N)=C\C1CCCCC1. The van der Waals surface area contributed by atoms with Crippen LogP contribution in [0.4, 0.5) is 0 Å². The highest BCUT2D eigenvalue weighted by atomic mass is 14.2. The second kappa shape index (κ2) is 4.18. The van der Waals surface area contributed by atoms with Crippen LogP contribution in [0.2, 0.25) is 0 Å². The molecule has 60 valence electrons. The van der Waals surface area contributed by atoms with Crippen LogP contribution in [0.15, 0.2) is 11.6 Å². The quantitative estimate of drug-likeness (QED) is 0.526. The maximum Gasteiger partial charge on any atom is 0.0940 e. The predicted octanol–water partition coefficient (Wildman–Crippen LogP) is 3.04. The minimum Gasteiger partial charge on any atom is -0.193 e. The van der Waals surface area contributed by atoms with Crippen LogP contribution in [-0.4, -0.2) is 0 Å². The van der Waals surface area contributed by atoms with Crippen LogP contribution >= 0.6 is 0 Å². The topological polar surface area (TPSA) is 23.8 Å². The van der Waals surface area contributed by atoms with Crippen molar-refractivity contribution in [3.63, 3.8) is 0 Å². The number of rotatable bonds is 1. The van der Waals surface area contributed by atoms with E-state index in [9.17, 15) is 0 Å². The van der Waals surface area contributed by atoms with Gasteiger partial charge in [-0.3, -0.25) is 0 Å².